The van der Waals surface area contributed by atoms with Crippen molar-refractivity contribution in [3.05, 3.63) is 54.2 Å². The maximum Gasteiger partial charge on any atom is 0.0832 e. The number of nitrogens with zero attached hydrogens (tertiary/aromatic N) is 2. The molecule has 4 rings (SSSR count). The quantitative estimate of drug-likeness (QED) is 0.518. The number of rotatable bonds is 3. The van der Waals surface area contributed by atoms with Crippen LogP contribution >= 0.6 is 23.1 Å². The van der Waals surface area contributed by atoms with E-state index in [0.717, 1.165) is 27.8 Å². The summed E-state index contributed by atoms with van der Waals surface area (Å²) in [6.45, 7) is 0. The summed E-state index contributed by atoms with van der Waals surface area (Å²) in [5.74, 6) is 0. The highest BCUT2D eigenvalue weighted by atomic mass is 32.2. The summed E-state index contributed by atoms with van der Waals surface area (Å²) in [6, 6.07) is 14.6. The molecule has 3 nitrogen and oxygen atoms in total. The highest BCUT2D eigenvalue weighted by molar-refractivity contribution is 7.98. The normalized spacial score (nSPS) is 11.1. The second kappa shape index (κ2) is 5.59. The van der Waals surface area contributed by atoms with Crippen molar-refractivity contribution in [2.45, 2.75) is 4.90 Å². The van der Waals surface area contributed by atoms with Gasteiger partial charge in [-0.3, -0.25) is 4.98 Å². The van der Waals surface area contributed by atoms with Crippen molar-refractivity contribution in [2.75, 3.05) is 11.6 Å². The molecule has 2 heterocycles. The fraction of sp³-hybridized carbons (Fsp3) is 0.0588. The highest BCUT2D eigenvalue weighted by Gasteiger charge is 2.05. The summed E-state index contributed by atoms with van der Waals surface area (Å²) in [6.07, 6.45) is 3.92. The van der Waals surface area contributed by atoms with Crippen molar-refractivity contribution in [1.82, 2.24) is 9.97 Å². The van der Waals surface area contributed by atoms with Gasteiger partial charge in [0.05, 0.1) is 21.2 Å². The summed E-state index contributed by atoms with van der Waals surface area (Å²) < 4.78 is 1.20. The lowest BCUT2D eigenvalue weighted by molar-refractivity contribution is 1.38. The van der Waals surface area contributed by atoms with Crippen molar-refractivity contribution in [1.29, 1.82) is 0 Å². The molecule has 0 fully saturated rings. The molecule has 0 radical (unpaired) electrons. The van der Waals surface area contributed by atoms with E-state index < -0.39 is 0 Å². The molecule has 0 bridgehead atoms. The number of anilines is 2. The Bertz CT molecular complexity index is 962. The number of benzene rings is 2. The minimum Gasteiger partial charge on any atom is -0.355 e. The fourth-order valence-electron chi connectivity index (χ4n) is 2.45. The number of nitrogens with one attached hydrogen (secondary N) is 1. The predicted molar refractivity (Wildman–Crippen MR) is 96.4 cm³/mol. The van der Waals surface area contributed by atoms with Gasteiger partial charge in [-0.15, -0.1) is 23.1 Å². The lowest BCUT2D eigenvalue weighted by atomic mass is 10.2. The van der Waals surface area contributed by atoms with E-state index >= 15 is 0 Å². The molecule has 0 saturated heterocycles. The van der Waals surface area contributed by atoms with Crippen molar-refractivity contribution in [2.24, 2.45) is 0 Å². The van der Waals surface area contributed by atoms with Crippen molar-refractivity contribution >= 4 is 55.6 Å². The summed E-state index contributed by atoms with van der Waals surface area (Å²) in [4.78, 5) is 10.0. The standard InChI is InChI=1S/C17H13N3S2/c1-21-12-3-4-14-13(9-12)15(6-7-18-14)20-11-2-5-17-16(8-11)19-10-22-17/h2-10H,1H3,(H,18,20). The van der Waals surface area contributed by atoms with Crippen LogP contribution in [0.1, 0.15) is 0 Å². The predicted octanol–water partition coefficient (Wildman–Crippen LogP) is 5.31. The van der Waals surface area contributed by atoms with Crippen molar-refractivity contribution in [3.63, 3.8) is 0 Å². The number of hydrogen-bond donors (Lipinski definition) is 1. The first-order valence-corrected chi connectivity index (χ1v) is 8.97. The Morgan fingerprint density at radius 2 is 1.95 bits per heavy atom. The van der Waals surface area contributed by atoms with Gasteiger partial charge < -0.3 is 5.32 Å². The summed E-state index contributed by atoms with van der Waals surface area (Å²) >= 11 is 3.40. The molecule has 1 N–H and O–H groups in total. The molecule has 5 heteroatoms. The van der Waals surface area contributed by atoms with E-state index in [1.165, 1.54) is 9.60 Å². The molecular weight excluding hydrogens is 310 g/mol. The van der Waals surface area contributed by atoms with Gasteiger partial charge in [0.2, 0.25) is 0 Å². The van der Waals surface area contributed by atoms with Crippen LogP contribution in [0.5, 0.6) is 0 Å². The number of pyridine rings is 1. The van der Waals surface area contributed by atoms with Gasteiger partial charge in [0.15, 0.2) is 0 Å². The molecule has 2 aromatic heterocycles. The van der Waals surface area contributed by atoms with E-state index in [1.54, 1.807) is 23.1 Å². The third kappa shape index (κ3) is 2.42. The Labute approximate surface area is 136 Å². The van der Waals surface area contributed by atoms with Crippen LogP contribution in [0.3, 0.4) is 0 Å². The van der Waals surface area contributed by atoms with E-state index in [2.05, 4.69) is 57.9 Å². The molecule has 0 unspecified atom stereocenters. The third-order valence-electron chi connectivity index (χ3n) is 3.56. The SMILES string of the molecule is CSc1ccc2nccc(Nc3ccc4scnc4c3)c2c1. The minimum atomic E-state index is 0.998. The van der Waals surface area contributed by atoms with Gasteiger partial charge in [0.25, 0.3) is 0 Å². The van der Waals surface area contributed by atoms with Crippen molar-refractivity contribution in [3.8, 4) is 0 Å². The average Bonchev–Trinajstić information content (AvgIpc) is 3.02. The molecule has 0 atom stereocenters. The first-order valence-electron chi connectivity index (χ1n) is 6.86. The van der Waals surface area contributed by atoms with Crippen LogP contribution in [0.4, 0.5) is 11.4 Å². The molecule has 0 aliphatic carbocycles. The van der Waals surface area contributed by atoms with E-state index in [9.17, 15) is 0 Å². The maximum absolute atomic E-state index is 4.44. The Hall–Kier alpha value is -2.11. The van der Waals surface area contributed by atoms with E-state index in [0.29, 0.717) is 0 Å². The van der Waals surface area contributed by atoms with E-state index in [1.807, 2.05) is 17.8 Å². The van der Waals surface area contributed by atoms with Crippen LogP contribution in [0.15, 0.2) is 59.1 Å². The molecule has 0 aliphatic rings. The van der Waals surface area contributed by atoms with Gasteiger partial charge >= 0.3 is 0 Å². The first kappa shape index (κ1) is 13.5. The minimum absolute atomic E-state index is 0.998. The molecule has 0 saturated carbocycles. The molecular formula is C17H13N3S2. The summed E-state index contributed by atoms with van der Waals surface area (Å²) in [5, 5.41) is 4.63. The van der Waals surface area contributed by atoms with Crippen LogP contribution < -0.4 is 5.32 Å². The van der Waals surface area contributed by atoms with Crippen molar-refractivity contribution < 1.29 is 0 Å². The molecule has 0 spiro atoms. The molecule has 0 amide bonds. The van der Waals surface area contributed by atoms with Crippen LogP contribution in [-0.2, 0) is 0 Å². The third-order valence-corrected chi connectivity index (χ3v) is 5.09. The van der Waals surface area contributed by atoms with Gasteiger partial charge in [-0.2, -0.15) is 0 Å². The lowest BCUT2D eigenvalue weighted by Crippen LogP contribution is -1.92. The maximum atomic E-state index is 4.44. The van der Waals surface area contributed by atoms with Crippen LogP contribution in [-0.4, -0.2) is 16.2 Å². The second-order valence-electron chi connectivity index (χ2n) is 4.90. The number of thiazole rings is 1. The monoisotopic (exact) mass is 323 g/mol. The van der Waals surface area contributed by atoms with Crippen LogP contribution in [0, 0.1) is 0 Å². The largest absolute Gasteiger partial charge is 0.355 e. The smallest absolute Gasteiger partial charge is 0.0832 e. The topological polar surface area (TPSA) is 37.8 Å². The molecule has 108 valence electrons. The Kier molecular flexibility index (Phi) is 3.44. The zero-order valence-electron chi connectivity index (χ0n) is 11.9. The van der Waals surface area contributed by atoms with E-state index in [-0.39, 0.29) is 0 Å². The van der Waals surface area contributed by atoms with Crippen LogP contribution in [0.25, 0.3) is 21.1 Å². The van der Waals surface area contributed by atoms with Crippen LogP contribution in [0.2, 0.25) is 0 Å². The number of thioether (sulfide) groups is 1. The molecule has 22 heavy (non-hydrogen) atoms. The van der Waals surface area contributed by atoms with Gasteiger partial charge in [-0.05, 0) is 48.7 Å². The number of aromatic nitrogens is 2. The summed E-state index contributed by atoms with van der Waals surface area (Å²) in [5.41, 5.74) is 6.01. The second-order valence-corrected chi connectivity index (χ2v) is 6.67. The van der Waals surface area contributed by atoms with Gasteiger partial charge in [0.1, 0.15) is 0 Å². The van der Waals surface area contributed by atoms with Gasteiger partial charge in [0, 0.05) is 27.9 Å². The Morgan fingerprint density at radius 3 is 2.86 bits per heavy atom. The first-order chi connectivity index (χ1) is 10.8. The molecule has 0 aliphatic heterocycles. The number of fused-ring (bicyclic) bond motifs is 2. The highest BCUT2D eigenvalue weighted by Crippen LogP contribution is 2.30. The average molecular weight is 323 g/mol. The zero-order chi connectivity index (χ0) is 14.9. The number of hydrogen-bond acceptors (Lipinski definition) is 5. The van der Waals surface area contributed by atoms with E-state index in [4.69, 9.17) is 0 Å². The Morgan fingerprint density at radius 1 is 1.00 bits per heavy atom. The van der Waals surface area contributed by atoms with Gasteiger partial charge in [-0.1, -0.05) is 0 Å². The molecule has 2 aromatic carbocycles. The lowest BCUT2D eigenvalue weighted by Gasteiger charge is -2.10. The Balaban J connectivity index is 1.79. The zero-order valence-corrected chi connectivity index (χ0v) is 13.5. The van der Waals surface area contributed by atoms with Gasteiger partial charge in [-0.25, -0.2) is 4.98 Å². The summed E-state index contributed by atoms with van der Waals surface area (Å²) in [7, 11) is 0. The molecule has 4 aromatic rings. The fourth-order valence-corrected chi connectivity index (χ4v) is 3.55.